The highest BCUT2D eigenvalue weighted by molar-refractivity contribution is 7.89. The summed E-state index contributed by atoms with van der Waals surface area (Å²) in [4.78, 5) is 4.23. The molecular weight excluding hydrogens is 262 g/mol. The van der Waals surface area contributed by atoms with E-state index >= 15 is 0 Å². The van der Waals surface area contributed by atoms with Crippen LogP contribution in [-0.4, -0.2) is 19.4 Å². The highest BCUT2D eigenvalue weighted by Gasteiger charge is 2.33. The Morgan fingerprint density at radius 3 is 2.68 bits per heavy atom. The Labute approximate surface area is 114 Å². The van der Waals surface area contributed by atoms with Gasteiger partial charge in [-0.2, -0.15) is 0 Å². The Morgan fingerprint density at radius 2 is 2.21 bits per heavy atom. The molecule has 1 aliphatic rings. The fraction of sp³-hybridized carbons (Fsp3) is 0.615. The van der Waals surface area contributed by atoms with Gasteiger partial charge in [0.05, 0.1) is 5.69 Å². The first-order valence-corrected chi connectivity index (χ1v) is 7.98. The van der Waals surface area contributed by atoms with E-state index in [0.29, 0.717) is 12.2 Å². The molecule has 0 saturated heterocycles. The van der Waals surface area contributed by atoms with Gasteiger partial charge in [-0.25, -0.2) is 13.1 Å². The Morgan fingerprint density at radius 1 is 1.47 bits per heavy atom. The predicted molar refractivity (Wildman–Crippen MR) is 73.9 cm³/mol. The number of hydrogen-bond donors (Lipinski definition) is 2. The zero-order chi connectivity index (χ0) is 14.1. The summed E-state index contributed by atoms with van der Waals surface area (Å²) >= 11 is 0. The van der Waals surface area contributed by atoms with Gasteiger partial charge in [-0.15, -0.1) is 0 Å². The van der Waals surface area contributed by atoms with Crippen LogP contribution >= 0.6 is 0 Å². The molecule has 1 saturated carbocycles. The monoisotopic (exact) mass is 283 g/mol. The van der Waals surface area contributed by atoms with Crippen LogP contribution in [0, 0.1) is 5.41 Å². The lowest BCUT2D eigenvalue weighted by molar-refractivity contribution is 0.372. The molecule has 1 fully saturated rings. The van der Waals surface area contributed by atoms with Gasteiger partial charge in [0.25, 0.3) is 0 Å². The van der Waals surface area contributed by atoms with E-state index in [4.69, 9.17) is 5.73 Å². The van der Waals surface area contributed by atoms with Crippen molar-refractivity contribution in [2.24, 2.45) is 11.1 Å². The second-order valence-corrected chi connectivity index (χ2v) is 7.63. The maximum absolute atomic E-state index is 12.2. The SMILES string of the molecule is CC1(C)CCC(NS(=O)(=O)c2ccc(CN)nc2)C1. The largest absolute Gasteiger partial charge is 0.325 e. The van der Waals surface area contributed by atoms with E-state index in [-0.39, 0.29) is 16.4 Å². The Hall–Kier alpha value is -0.980. The van der Waals surface area contributed by atoms with Gasteiger partial charge in [-0.3, -0.25) is 4.98 Å². The van der Waals surface area contributed by atoms with Gasteiger partial charge in [-0.1, -0.05) is 13.8 Å². The molecule has 0 amide bonds. The molecule has 2 rings (SSSR count). The van der Waals surface area contributed by atoms with Crippen LogP contribution in [0.2, 0.25) is 0 Å². The number of nitrogens with two attached hydrogens (primary N) is 1. The first-order chi connectivity index (χ1) is 8.82. The summed E-state index contributed by atoms with van der Waals surface area (Å²) in [5, 5.41) is 0. The minimum Gasteiger partial charge on any atom is -0.325 e. The van der Waals surface area contributed by atoms with E-state index in [9.17, 15) is 8.42 Å². The van der Waals surface area contributed by atoms with Gasteiger partial charge in [0, 0.05) is 18.8 Å². The number of rotatable bonds is 4. The third-order valence-electron chi connectivity index (χ3n) is 3.61. The molecule has 1 aliphatic carbocycles. The fourth-order valence-electron chi connectivity index (χ4n) is 2.51. The van der Waals surface area contributed by atoms with Crippen LogP contribution in [0.3, 0.4) is 0 Å². The first kappa shape index (κ1) is 14.4. The van der Waals surface area contributed by atoms with Crippen molar-refractivity contribution in [2.75, 3.05) is 0 Å². The van der Waals surface area contributed by atoms with E-state index in [1.54, 1.807) is 12.1 Å². The molecule has 106 valence electrons. The number of sulfonamides is 1. The lowest BCUT2D eigenvalue weighted by Gasteiger charge is -2.17. The second-order valence-electron chi connectivity index (χ2n) is 5.91. The maximum Gasteiger partial charge on any atom is 0.242 e. The van der Waals surface area contributed by atoms with E-state index in [1.807, 2.05) is 0 Å². The molecule has 0 aromatic carbocycles. The summed E-state index contributed by atoms with van der Waals surface area (Å²) < 4.78 is 27.2. The van der Waals surface area contributed by atoms with Gasteiger partial charge in [0.2, 0.25) is 10.0 Å². The van der Waals surface area contributed by atoms with Crippen molar-refractivity contribution in [2.45, 2.75) is 50.6 Å². The van der Waals surface area contributed by atoms with Crippen LogP contribution in [0.5, 0.6) is 0 Å². The number of hydrogen-bond acceptors (Lipinski definition) is 4. The van der Waals surface area contributed by atoms with Crippen molar-refractivity contribution in [1.82, 2.24) is 9.71 Å². The van der Waals surface area contributed by atoms with E-state index in [2.05, 4.69) is 23.6 Å². The molecule has 19 heavy (non-hydrogen) atoms. The van der Waals surface area contributed by atoms with Crippen LogP contribution in [0.1, 0.15) is 38.8 Å². The molecule has 1 unspecified atom stereocenters. The molecule has 1 aromatic heterocycles. The minimum atomic E-state index is -3.47. The zero-order valence-electron chi connectivity index (χ0n) is 11.4. The molecule has 0 bridgehead atoms. The Bertz CT molecular complexity index is 538. The van der Waals surface area contributed by atoms with Crippen LogP contribution in [0.25, 0.3) is 0 Å². The minimum absolute atomic E-state index is 0.0224. The maximum atomic E-state index is 12.2. The summed E-state index contributed by atoms with van der Waals surface area (Å²) in [6, 6.07) is 3.22. The smallest absolute Gasteiger partial charge is 0.242 e. The van der Waals surface area contributed by atoms with Crippen molar-refractivity contribution >= 4 is 10.0 Å². The zero-order valence-corrected chi connectivity index (χ0v) is 12.2. The standard InChI is InChI=1S/C13H21N3O2S/c1-13(2)6-5-10(7-13)16-19(17,18)12-4-3-11(8-14)15-9-12/h3-4,9-10,16H,5-8,14H2,1-2H3. The number of pyridine rings is 1. The van der Waals surface area contributed by atoms with Crippen molar-refractivity contribution in [3.8, 4) is 0 Å². The summed E-state index contributed by atoms with van der Waals surface area (Å²) in [6.45, 7) is 4.64. The molecule has 1 atom stereocenters. The van der Waals surface area contributed by atoms with Crippen molar-refractivity contribution < 1.29 is 8.42 Å². The van der Waals surface area contributed by atoms with Crippen LogP contribution < -0.4 is 10.5 Å². The summed E-state index contributed by atoms with van der Waals surface area (Å²) in [6.07, 6.45) is 4.18. The normalized spacial score (nSPS) is 22.6. The molecule has 0 radical (unpaired) electrons. The summed E-state index contributed by atoms with van der Waals surface area (Å²) in [5.74, 6) is 0. The Balaban J connectivity index is 2.10. The number of nitrogens with zero attached hydrogens (tertiary/aromatic N) is 1. The van der Waals surface area contributed by atoms with Gasteiger partial charge in [-0.05, 0) is 36.8 Å². The number of nitrogens with one attached hydrogen (secondary N) is 1. The van der Waals surface area contributed by atoms with E-state index < -0.39 is 10.0 Å². The molecule has 6 heteroatoms. The van der Waals surface area contributed by atoms with Gasteiger partial charge < -0.3 is 5.73 Å². The lowest BCUT2D eigenvalue weighted by Crippen LogP contribution is -2.33. The quantitative estimate of drug-likeness (QED) is 0.874. The molecule has 1 heterocycles. The highest BCUT2D eigenvalue weighted by Crippen LogP contribution is 2.37. The van der Waals surface area contributed by atoms with Crippen LogP contribution in [-0.2, 0) is 16.6 Å². The van der Waals surface area contributed by atoms with Gasteiger partial charge in [0.15, 0.2) is 0 Å². The fourth-order valence-corrected chi connectivity index (χ4v) is 3.73. The first-order valence-electron chi connectivity index (χ1n) is 6.50. The van der Waals surface area contributed by atoms with E-state index in [1.165, 1.54) is 6.20 Å². The van der Waals surface area contributed by atoms with Gasteiger partial charge >= 0.3 is 0 Å². The van der Waals surface area contributed by atoms with Crippen LogP contribution in [0.15, 0.2) is 23.2 Å². The molecule has 3 N–H and O–H groups in total. The van der Waals surface area contributed by atoms with Gasteiger partial charge in [0.1, 0.15) is 4.90 Å². The molecular formula is C13H21N3O2S. The third kappa shape index (κ3) is 3.52. The predicted octanol–water partition coefficient (Wildman–Crippen LogP) is 1.40. The lowest BCUT2D eigenvalue weighted by atomic mass is 9.92. The average Bonchev–Trinajstić information content (AvgIpc) is 2.68. The average molecular weight is 283 g/mol. The van der Waals surface area contributed by atoms with Crippen molar-refractivity contribution in [3.05, 3.63) is 24.0 Å². The summed E-state index contributed by atoms with van der Waals surface area (Å²) in [5.41, 5.74) is 6.34. The number of aromatic nitrogens is 1. The summed E-state index contributed by atoms with van der Waals surface area (Å²) in [7, 11) is -3.47. The molecule has 5 nitrogen and oxygen atoms in total. The van der Waals surface area contributed by atoms with Crippen LogP contribution in [0.4, 0.5) is 0 Å². The molecule has 0 aliphatic heterocycles. The molecule has 0 spiro atoms. The highest BCUT2D eigenvalue weighted by atomic mass is 32.2. The second kappa shape index (κ2) is 5.19. The molecule has 1 aromatic rings. The van der Waals surface area contributed by atoms with Crippen molar-refractivity contribution in [1.29, 1.82) is 0 Å². The Kier molecular flexibility index (Phi) is 3.94. The van der Waals surface area contributed by atoms with E-state index in [0.717, 1.165) is 19.3 Å². The topological polar surface area (TPSA) is 85.1 Å². The van der Waals surface area contributed by atoms with Crippen molar-refractivity contribution in [3.63, 3.8) is 0 Å². The third-order valence-corrected chi connectivity index (χ3v) is 5.11.